The third-order valence-electron chi connectivity index (χ3n) is 3.06. The largest absolute Gasteiger partial charge is 0.345 e. The number of nitrogens with two attached hydrogens (primary N) is 1. The van der Waals surface area contributed by atoms with Gasteiger partial charge in [0.2, 0.25) is 0 Å². The molecule has 0 amide bonds. The lowest BCUT2D eigenvalue weighted by Crippen LogP contribution is -2.11. The fraction of sp³-hybridized carbons (Fsp3) is 0.200. The maximum absolute atomic E-state index is 13.2. The average Bonchev–Trinajstić information content (AvgIpc) is 2.37. The van der Waals surface area contributed by atoms with E-state index in [1.807, 2.05) is 43.1 Å². The van der Waals surface area contributed by atoms with E-state index in [2.05, 4.69) is 15.9 Å². The van der Waals surface area contributed by atoms with E-state index in [9.17, 15) is 4.39 Å². The van der Waals surface area contributed by atoms with Gasteiger partial charge in [0.05, 0.1) is 0 Å². The number of hydrogen-bond donors (Lipinski definition) is 1. The van der Waals surface area contributed by atoms with E-state index in [1.165, 1.54) is 12.1 Å². The van der Waals surface area contributed by atoms with Crippen molar-refractivity contribution in [2.24, 2.45) is 5.73 Å². The second kappa shape index (κ2) is 5.72. The quantitative estimate of drug-likeness (QED) is 0.908. The fourth-order valence-electron chi connectivity index (χ4n) is 1.93. The summed E-state index contributed by atoms with van der Waals surface area (Å²) in [6, 6.07) is 12.4. The van der Waals surface area contributed by atoms with Crippen molar-refractivity contribution in [1.29, 1.82) is 0 Å². The lowest BCUT2D eigenvalue weighted by atomic mass is 10.1. The molecular formula is C15H16BrFN2. The van der Waals surface area contributed by atoms with Crippen molar-refractivity contribution in [2.45, 2.75) is 13.0 Å². The Bertz CT molecular complexity index is 584. The van der Waals surface area contributed by atoms with Gasteiger partial charge in [-0.05, 0) is 42.8 Å². The zero-order chi connectivity index (χ0) is 14.0. The summed E-state index contributed by atoms with van der Waals surface area (Å²) in [6.45, 7) is 1.94. The van der Waals surface area contributed by atoms with Crippen molar-refractivity contribution in [3.05, 3.63) is 58.3 Å². The van der Waals surface area contributed by atoms with Gasteiger partial charge in [-0.2, -0.15) is 0 Å². The van der Waals surface area contributed by atoms with Gasteiger partial charge in [-0.1, -0.05) is 28.1 Å². The molecule has 0 fully saturated rings. The number of nitrogens with zero attached hydrogens (tertiary/aromatic N) is 1. The predicted octanol–water partition coefficient (Wildman–Crippen LogP) is 4.38. The fourth-order valence-corrected chi connectivity index (χ4v) is 2.66. The molecule has 2 nitrogen and oxygen atoms in total. The van der Waals surface area contributed by atoms with Gasteiger partial charge in [0.1, 0.15) is 5.82 Å². The third-order valence-corrected chi connectivity index (χ3v) is 3.74. The van der Waals surface area contributed by atoms with E-state index < -0.39 is 0 Å². The summed E-state index contributed by atoms with van der Waals surface area (Å²) in [5, 5.41) is 0. The van der Waals surface area contributed by atoms with Crippen LogP contribution in [0.25, 0.3) is 0 Å². The highest BCUT2D eigenvalue weighted by atomic mass is 79.9. The Hall–Kier alpha value is -1.39. The maximum Gasteiger partial charge on any atom is 0.125 e. The minimum Gasteiger partial charge on any atom is -0.345 e. The van der Waals surface area contributed by atoms with Crippen molar-refractivity contribution in [1.82, 2.24) is 0 Å². The van der Waals surface area contributed by atoms with E-state index in [0.717, 1.165) is 21.4 Å². The van der Waals surface area contributed by atoms with Crippen LogP contribution in [0, 0.1) is 5.82 Å². The van der Waals surface area contributed by atoms with Crippen LogP contribution in [0.15, 0.2) is 46.9 Å². The monoisotopic (exact) mass is 322 g/mol. The Balaban J connectivity index is 2.34. The Morgan fingerprint density at radius 3 is 2.42 bits per heavy atom. The molecule has 2 aromatic rings. The van der Waals surface area contributed by atoms with Gasteiger partial charge in [0, 0.05) is 28.9 Å². The number of halogens is 2. The van der Waals surface area contributed by atoms with Gasteiger partial charge in [-0.25, -0.2) is 4.39 Å². The molecular weight excluding hydrogens is 307 g/mol. The minimum atomic E-state index is -0.240. The van der Waals surface area contributed by atoms with Gasteiger partial charge in [-0.3, -0.25) is 0 Å². The molecule has 0 saturated carbocycles. The molecule has 0 radical (unpaired) electrons. The van der Waals surface area contributed by atoms with Crippen LogP contribution < -0.4 is 10.6 Å². The molecule has 2 N–H and O–H groups in total. The summed E-state index contributed by atoms with van der Waals surface area (Å²) in [6.07, 6.45) is 0. The number of rotatable bonds is 3. The first kappa shape index (κ1) is 14.0. The molecule has 4 heteroatoms. The predicted molar refractivity (Wildman–Crippen MR) is 81.2 cm³/mol. The summed E-state index contributed by atoms with van der Waals surface area (Å²) in [7, 11) is 1.90. The maximum atomic E-state index is 13.2. The van der Waals surface area contributed by atoms with Crippen LogP contribution in [0.5, 0.6) is 0 Å². The Labute approximate surface area is 121 Å². The van der Waals surface area contributed by atoms with Crippen LogP contribution in [0.2, 0.25) is 0 Å². The molecule has 0 aliphatic heterocycles. The third kappa shape index (κ3) is 3.14. The van der Waals surface area contributed by atoms with Crippen molar-refractivity contribution in [2.75, 3.05) is 11.9 Å². The normalized spacial score (nSPS) is 12.3. The topological polar surface area (TPSA) is 29.3 Å². The minimum absolute atomic E-state index is 0.0251. The van der Waals surface area contributed by atoms with Gasteiger partial charge < -0.3 is 10.6 Å². The van der Waals surface area contributed by atoms with Crippen LogP contribution in [-0.4, -0.2) is 7.05 Å². The summed E-state index contributed by atoms with van der Waals surface area (Å²) in [4.78, 5) is 1.93. The highest BCUT2D eigenvalue weighted by molar-refractivity contribution is 9.10. The molecule has 0 spiro atoms. The van der Waals surface area contributed by atoms with E-state index in [4.69, 9.17) is 5.73 Å². The smallest absolute Gasteiger partial charge is 0.125 e. The van der Waals surface area contributed by atoms with Crippen LogP contribution >= 0.6 is 15.9 Å². The van der Waals surface area contributed by atoms with Gasteiger partial charge >= 0.3 is 0 Å². The first-order chi connectivity index (χ1) is 8.99. The summed E-state index contributed by atoms with van der Waals surface area (Å²) in [5.41, 5.74) is 8.71. The summed E-state index contributed by atoms with van der Waals surface area (Å²) in [5.74, 6) is -0.240. The molecule has 1 unspecified atom stereocenters. The first-order valence-corrected chi connectivity index (χ1v) is 6.82. The van der Waals surface area contributed by atoms with Crippen molar-refractivity contribution in [3.63, 3.8) is 0 Å². The highest BCUT2D eigenvalue weighted by Crippen LogP contribution is 2.30. The van der Waals surface area contributed by atoms with Crippen molar-refractivity contribution < 1.29 is 4.39 Å². The standard InChI is InChI=1S/C15H16BrFN2/c1-10(18)14-7-6-13(9-15(14)16)19(2)12-5-3-4-11(17)8-12/h3-10H,18H2,1-2H3. The molecule has 0 aliphatic rings. The van der Waals surface area contributed by atoms with E-state index in [1.54, 1.807) is 6.07 Å². The molecule has 19 heavy (non-hydrogen) atoms. The second-order valence-corrected chi connectivity index (χ2v) is 5.39. The van der Waals surface area contributed by atoms with Crippen molar-refractivity contribution >= 4 is 27.3 Å². The zero-order valence-corrected chi connectivity index (χ0v) is 12.5. The van der Waals surface area contributed by atoms with Gasteiger partial charge in [0.15, 0.2) is 0 Å². The average molecular weight is 323 g/mol. The number of benzene rings is 2. The first-order valence-electron chi connectivity index (χ1n) is 6.03. The Morgan fingerprint density at radius 2 is 1.84 bits per heavy atom. The molecule has 100 valence electrons. The molecule has 2 rings (SSSR count). The Kier molecular flexibility index (Phi) is 4.22. The van der Waals surface area contributed by atoms with Gasteiger partial charge in [-0.15, -0.1) is 0 Å². The van der Waals surface area contributed by atoms with Gasteiger partial charge in [0.25, 0.3) is 0 Å². The lowest BCUT2D eigenvalue weighted by molar-refractivity contribution is 0.628. The van der Waals surface area contributed by atoms with Crippen molar-refractivity contribution in [3.8, 4) is 0 Å². The van der Waals surface area contributed by atoms with E-state index in [-0.39, 0.29) is 11.9 Å². The summed E-state index contributed by atoms with van der Waals surface area (Å²) < 4.78 is 14.2. The summed E-state index contributed by atoms with van der Waals surface area (Å²) >= 11 is 3.52. The van der Waals surface area contributed by atoms with Crippen LogP contribution in [-0.2, 0) is 0 Å². The molecule has 2 aromatic carbocycles. The Morgan fingerprint density at radius 1 is 1.16 bits per heavy atom. The molecule has 1 atom stereocenters. The lowest BCUT2D eigenvalue weighted by Gasteiger charge is -2.21. The molecule has 0 aliphatic carbocycles. The van der Waals surface area contributed by atoms with E-state index >= 15 is 0 Å². The molecule has 0 saturated heterocycles. The number of anilines is 2. The molecule has 0 aromatic heterocycles. The van der Waals surface area contributed by atoms with E-state index in [0.29, 0.717) is 0 Å². The second-order valence-electron chi connectivity index (χ2n) is 4.53. The van der Waals surface area contributed by atoms with Crippen LogP contribution in [0.1, 0.15) is 18.5 Å². The number of hydrogen-bond acceptors (Lipinski definition) is 2. The molecule has 0 bridgehead atoms. The zero-order valence-electron chi connectivity index (χ0n) is 10.9. The van der Waals surface area contributed by atoms with Crippen LogP contribution in [0.3, 0.4) is 0 Å². The van der Waals surface area contributed by atoms with Crippen LogP contribution in [0.4, 0.5) is 15.8 Å². The highest BCUT2D eigenvalue weighted by Gasteiger charge is 2.09. The SMILES string of the molecule is CC(N)c1ccc(N(C)c2cccc(F)c2)cc1Br. The molecule has 0 heterocycles.